The number of hydrogen-bond acceptors (Lipinski definition) is 4. The highest BCUT2D eigenvalue weighted by Gasteiger charge is 2.26. The average Bonchev–Trinajstić information content (AvgIpc) is 2.39. The van der Waals surface area contributed by atoms with Crippen molar-refractivity contribution in [2.75, 3.05) is 0 Å². The van der Waals surface area contributed by atoms with Gasteiger partial charge in [0.2, 0.25) is 0 Å². The number of hydrogen-bond donors (Lipinski definition) is 1. The Morgan fingerprint density at radius 2 is 2.00 bits per heavy atom. The molecule has 0 amide bonds. The van der Waals surface area contributed by atoms with Crippen molar-refractivity contribution in [3.05, 3.63) is 33.9 Å². The first-order valence-corrected chi connectivity index (χ1v) is 7.15. The van der Waals surface area contributed by atoms with Crippen LogP contribution in [0, 0.1) is 10.1 Å². The molecule has 0 aromatic heterocycles. The molecule has 1 fully saturated rings. The first-order valence-electron chi connectivity index (χ1n) is 6.27. The topological polar surface area (TPSA) is 80.4 Å². The second-order valence-corrected chi connectivity index (χ2v) is 5.93. The molecule has 1 aliphatic carbocycles. The fourth-order valence-electron chi connectivity index (χ4n) is 2.34. The Kier molecular flexibility index (Phi) is 4.42. The Labute approximate surface area is 115 Å². The van der Waals surface area contributed by atoms with Gasteiger partial charge in [0.25, 0.3) is 5.69 Å². The van der Waals surface area contributed by atoms with Crippen molar-refractivity contribution in [3.63, 3.8) is 0 Å². The summed E-state index contributed by atoms with van der Waals surface area (Å²) in [5, 5.41) is 20.5. The van der Waals surface area contributed by atoms with Crippen LogP contribution in [0.1, 0.15) is 42.5 Å². The van der Waals surface area contributed by atoms with E-state index in [1.54, 1.807) is 12.1 Å². The number of rotatable bonds is 4. The van der Waals surface area contributed by atoms with Crippen molar-refractivity contribution >= 4 is 23.4 Å². The van der Waals surface area contributed by atoms with Crippen molar-refractivity contribution in [3.8, 4) is 0 Å². The number of carboxylic acid groups (broad SMARTS) is 1. The lowest BCUT2D eigenvalue weighted by Gasteiger charge is -2.20. The molecule has 0 heterocycles. The van der Waals surface area contributed by atoms with Crippen molar-refractivity contribution in [2.24, 2.45) is 0 Å². The third-order valence-electron chi connectivity index (χ3n) is 3.26. The van der Waals surface area contributed by atoms with Crippen LogP contribution >= 0.6 is 11.8 Å². The predicted molar refractivity (Wildman–Crippen MR) is 72.8 cm³/mol. The van der Waals surface area contributed by atoms with E-state index in [-0.39, 0.29) is 11.3 Å². The second kappa shape index (κ2) is 6.06. The number of para-hydroxylation sites is 1. The maximum atomic E-state index is 11.1. The Morgan fingerprint density at radius 3 is 2.58 bits per heavy atom. The van der Waals surface area contributed by atoms with Crippen LogP contribution in [0.5, 0.6) is 0 Å². The quantitative estimate of drug-likeness (QED) is 0.672. The van der Waals surface area contributed by atoms with Gasteiger partial charge < -0.3 is 5.11 Å². The van der Waals surface area contributed by atoms with Crippen LogP contribution in [-0.2, 0) is 0 Å². The van der Waals surface area contributed by atoms with Gasteiger partial charge in [-0.3, -0.25) is 10.1 Å². The normalized spacial score (nSPS) is 16.2. The van der Waals surface area contributed by atoms with E-state index in [0.29, 0.717) is 10.1 Å². The highest BCUT2D eigenvalue weighted by Crippen LogP contribution is 2.39. The SMILES string of the molecule is O=C(O)c1cccc(SC2CCCCC2)c1[N+](=O)[O-]. The fourth-order valence-corrected chi connectivity index (χ4v) is 3.72. The van der Waals surface area contributed by atoms with Crippen LogP contribution < -0.4 is 0 Å². The van der Waals surface area contributed by atoms with Gasteiger partial charge in [-0.15, -0.1) is 11.8 Å². The minimum Gasteiger partial charge on any atom is -0.477 e. The summed E-state index contributed by atoms with van der Waals surface area (Å²) < 4.78 is 0. The Hall–Kier alpha value is -1.56. The smallest absolute Gasteiger partial charge is 0.342 e. The molecular formula is C13H15NO4S. The second-order valence-electron chi connectivity index (χ2n) is 4.59. The number of thioether (sulfide) groups is 1. The van der Waals surface area contributed by atoms with E-state index < -0.39 is 10.9 Å². The lowest BCUT2D eigenvalue weighted by atomic mass is 10.0. The van der Waals surface area contributed by atoms with E-state index in [2.05, 4.69) is 0 Å². The van der Waals surface area contributed by atoms with Crippen LogP contribution in [0.25, 0.3) is 0 Å². The molecule has 0 saturated heterocycles. The number of benzene rings is 1. The molecule has 1 aliphatic rings. The van der Waals surface area contributed by atoms with Crippen LogP contribution in [0.3, 0.4) is 0 Å². The maximum Gasteiger partial charge on any atom is 0.342 e. The summed E-state index contributed by atoms with van der Waals surface area (Å²) in [4.78, 5) is 22.1. The van der Waals surface area contributed by atoms with E-state index in [1.807, 2.05) is 0 Å². The number of nitro groups is 1. The number of carboxylic acids is 1. The zero-order chi connectivity index (χ0) is 13.8. The van der Waals surface area contributed by atoms with Gasteiger partial charge in [-0.05, 0) is 25.0 Å². The van der Waals surface area contributed by atoms with Gasteiger partial charge >= 0.3 is 5.97 Å². The van der Waals surface area contributed by atoms with Gasteiger partial charge in [0, 0.05) is 5.25 Å². The van der Waals surface area contributed by atoms with E-state index in [4.69, 9.17) is 5.11 Å². The molecule has 2 rings (SSSR count). The van der Waals surface area contributed by atoms with Crippen LogP contribution in [0.2, 0.25) is 0 Å². The van der Waals surface area contributed by atoms with E-state index in [1.165, 1.54) is 24.2 Å². The molecule has 0 bridgehead atoms. The summed E-state index contributed by atoms with van der Waals surface area (Å²) in [6.45, 7) is 0. The van der Waals surface area contributed by atoms with Gasteiger partial charge in [0.1, 0.15) is 5.56 Å². The summed E-state index contributed by atoms with van der Waals surface area (Å²) in [7, 11) is 0. The fraction of sp³-hybridized carbons (Fsp3) is 0.462. The molecule has 1 saturated carbocycles. The molecular weight excluding hydrogens is 266 g/mol. The maximum absolute atomic E-state index is 11.1. The Bertz CT molecular complexity index is 497. The minimum absolute atomic E-state index is 0.231. The predicted octanol–water partition coefficient (Wildman–Crippen LogP) is 3.72. The summed E-state index contributed by atoms with van der Waals surface area (Å²) in [5.41, 5.74) is -0.503. The largest absolute Gasteiger partial charge is 0.477 e. The van der Waals surface area contributed by atoms with Gasteiger partial charge in [0.05, 0.1) is 9.82 Å². The van der Waals surface area contributed by atoms with Gasteiger partial charge in [0.15, 0.2) is 0 Å². The first kappa shape index (κ1) is 13.9. The molecule has 0 spiro atoms. The number of nitro benzene ring substituents is 1. The molecule has 1 aromatic carbocycles. The third kappa shape index (κ3) is 3.26. The van der Waals surface area contributed by atoms with Crippen molar-refractivity contribution < 1.29 is 14.8 Å². The number of nitrogens with zero attached hydrogens (tertiary/aromatic N) is 1. The summed E-state index contributed by atoms with van der Waals surface area (Å²) in [6, 6.07) is 4.50. The van der Waals surface area contributed by atoms with Gasteiger partial charge in [-0.1, -0.05) is 25.3 Å². The van der Waals surface area contributed by atoms with Gasteiger partial charge in [-0.2, -0.15) is 0 Å². The molecule has 0 radical (unpaired) electrons. The van der Waals surface area contributed by atoms with Crippen LogP contribution in [0.4, 0.5) is 5.69 Å². The number of aromatic carboxylic acids is 1. The van der Waals surface area contributed by atoms with Crippen molar-refractivity contribution in [2.45, 2.75) is 42.2 Å². The molecule has 0 aliphatic heterocycles. The zero-order valence-electron chi connectivity index (χ0n) is 10.4. The zero-order valence-corrected chi connectivity index (χ0v) is 11.2. The molecule has 6 heteroatoms. The lowest BCUT2D eigenvalue weighted by Crippen LogP contribution is -2.09. The van der Waals surface area contributed by atoms with Crippen LogP contribution in [0.15, 0.2) is 23.1 Å². The molecule has 102 valence electrons. The Morgan fingerprint density at radius 1 is 1.32 bits per heavy atom. The molecule has 0 unspecified atom stereocenters. The summed E-state index contributed by atoms with van der Waals surface area (Å²) in [5.74, 6) is -1.25. The van der Waals surface area contributed by atoms with Crippen molar-refractivity contribution in [1.82, 2.24) is 0 Å². The molecule has 5 nitrogen and oxygen atoms in total. The third-order valence-corrected chi connectivity index (χ3v) is 4.65. The average molecular weight is 281 g/mol. The standard InChI is InChI=1S/C13H15NO4S/c15-13(16)10-7-4-8-11(12(10)14(17)18)19-9-5-2-1-3-6-9/h4,7-9H,1-3,5-6H2,(H,15,16). The molecule has 1 aromatic rings. The molecule has 1 N–H and O–H groups in total. The summed E-state index contributed by atoms with van der Waals surface area (Å²) in [6.07, 6.45) is 5.58. The van der Waals surface area contributed by atoms with Crippen LogP contribution in [-0.4, -0.2) is 21.2 Å². The monoisotopic (exact) mass is 281 g/mol. The van der Waals surface area contributed by atoms with E-state index in [0.717, 1.165) is 25.7 Å². The van der Waals surface area contributed by atoms with E-state index >= 15 is 0 Å². The van der Waals surface area contributed by atoms with Crippen molar-refractivity contribution in [1.29, 1.82) is 0 Å². The first-order chi connectivity index (χ1) is 9.09. The molecule has 0 atom stereocenters. The minimum atomic E-state index is -1.25. The molecule has 19 heavy (non-hydrogen) atoms. The number of carbonyl (C=O) groups is 1. The lowest BCUT2D eigenvalue weighted by molar-refractivity contribution is -0.388. The highest BCUT2D eigenvalue weighted by molar-refractivity contribution is 8.00. The van der Waals surface area contributed by atoms with E-state index in [9.17, 15) is 14.9 Å². The van der Waals surface area contributed by atoms with Gasteiger partial charge in [-0.25, -0.2) is 4.79 Å². The highest BCUT2D eigenvalue weighted by atomic mass is 32.2. The Balaban J connectivity index is 2.30. The summed E-state index contributed by atoms with van der Waals surface area (Å²) >= 11 is 1.45.